The molecule has 0 aliphatic heterocycles. The van der Waals surface area contributed by atoms with Gasteiger partial charge >= 0.3 is 59.1 Å². The maximum Gasteiger partial charge on any atom is 1.00 e. The first kappa shape index (κ1) is 24.0. The van der Waals surface area contributed by atoms with Gasteiger partial charge in [0.25, 0.3) is 5.91 Å². The molecule has 2 rings (SSSR count). The second kappa shape index (κ2) is 11.6. The van der Waals surface area contributed by atoms with Crippen molar-refractivity contribution >= 4 is 13.7 Å². The van der Waals surface area contributed by atoms with Gasteiger partial charge in [0.15, 0.2) is 0 Å². The molecule has 0 saturated heterocycles. The number of amides is 1. The molecule has 9 heteroatoms. The SMILES string of the molecule is O=C(N[C@@H](COP(=O)([O-])[O-])c1ccccc1)c1ccccc1.[Na+].[Na+]. The summed E-state index contributed by atoms with van der Waals surface area (Å²) < 4.78 is 15.0. The second-order valence-corrected chi connectivity index (χ2v) is 5.70. The van der Waals surface area contributed by atoms with Crippen molar-refractivity contribution in [3.05, 3.63) is 71.8 Å². The second-order valence-electron chi connectivity index (χ2n) is 4.55. The van der Waals surface area contributed by atoms with Gasteiger partial charge in [-0.3, -0.25) is 4.79 Å². The molecule has 2 aromatic rings. The quantitative estimate of drug-likeness (QED) is 0.408. The minimum absolute atomic E-state index is 0. The Labute approximate surface area is 184 Å². The van der Waals surface area contributed by atoms with E-state index in [4.69, 9.17) is 0 Å². The number of hydrogen-bond acceptors (Lipinski definition) is 5. The number of hydrogen-bond donors (Lipinski definition) is 1. The molecular weight excluding hydrogens is 351 g/mol. The van der Waals surface area contributed by atoms with E-state index in [0.717, 1.165) is 0 Å². The topological polar surface area (TPSA) is 102 Å². The maximum absolute atomic E-state index is 12.2. The summed E-state index contributed by atoms with van der Waals surface area (Å²) in [5.74, 6) is -0.385. The van der Waals surface area contributed by atoms with E-state index in [-0.39, 0.29) is 65.0 Å². The molecule has 0 fully saturated rings. The van der Waals surface area contributed by atoms with E-state index in [9.17, 15) is 19.1 Å². The standard InChI is InChI=1S/C15H16NO5P.2Na/c17-15(13-9-5-2-6-10-13)16-14(11-21-22(18,19)20)12-7-3-1-4-8-12;;/h1-10,14H,11H2,(H,16,17)(H2,18,19,20);;/q;2*+1/p-2/t14-;;/m0../s1. The van der Waals surface area contributed by atoms with Crippen LogP contribution in [0.2, 0.25) is 0 Å². The summed E-state index contributed by atoms with van der Waals surface area (Å²) in [5.41, 5.74) is 1.07. The molecule has 0 saturated carbocycles. The molecule has 2 aromatic carbocycles. The number of carbonyl (C=O) groups is 1. The minimum Gasteiger partial charge on any atom is -0.790 e. The third-order valence-electron chi connectivity index (χ3n) is 2.94. The first-order chi connectivity index (χ1) is 10.5. The van der Waals surface area contributed by atoms with Crippen molar-refractivity contribution in [2.75, 3.05) is 6.61 Å². The van der Waals surface area contributed by atoms with Crippen LogP contribution in [0.15, 0.2) is 60.7 Å². The zero-order chi connectivity index (χ0) is 16.0. The zero-order valence-electron chi connectivity index (χ0n) is 13.5. The molecule has 0 bridgehead atoms. The van der Waals surface area contributed by atoms with E-state index in [0.29, 0.717) is 11.1 Å². The van der Waals surface area contributed by atoms with Crippen LogP contribution in [0.25, 0.3) is 0 Å². The molecule has 0 aliphatic carbocycles. The molecule has 0 unspecified atom stereocenters. The molecular formula is C15H14NNa2O5P. The van der Waals surface area contributed by atoms with Crippen LogP contribution in [0.1, 0.15) is 22.0 Å². The Hall–Kier alpha value is 0.0200. The van der Waals surface area contributed by atoms with Crippen LogP contribution in [0.5, 0.6) is 0 Å². The third kappa shape index (κ3) is 8.41. The van der Waals surface area contributed by atoms with Gasteiger partial charge in [-0.2, -0.15) is 0 Å². The summed E-state index contributed by atoms with van der Waals surface area (Å²) >= 11 is 0. The van der Waals surface area contributed by atoms with E-state index < -0.39 is 20.5 Å². The van der Waals surface area contributed by atoms with Crippen LogP contribution < -0.4 is 74.2 Å². The average Bonchev–Trinajstić information content (AvgIpc) is 2.52. The summed E-state index contributed by atoms with van der Waals surface area (Å²) in [6.07, 6.45) is 0. The van der Waals surface area contributed by atoms with Crippen LogP contribution in [0.4, 0.5) is 0 Å². The van der Waals surface area contributed by atoms with E-state index in [1.165, 1.54) is 0 Å². The van der Waals surface area contributed by atoms with Crippen molar-refractivity contribution in [1.29, 1.82) is 0 Å². The monoisotopic (exact) mass is 365 g/mol. The van der Waals surface area contributed by atoms with Crippen molar-refractivity contribution in [3.63, 3.8) is 0 Å². The first-order valence-electron chi connectivity index (χ1n) is 6.53. The number of nitrogens with one attached hydrogen (secondary N) is 1. The summed E-state index contributed by atoms with van der Waals surface area (Å²) in [7, 11) is -5.11. The number of rotatable bonds is 6. The van der Waals surface area contributed by atoms with Gasteiger partial charge in [0, 0.05) is 5.56 Å². The molecule has 1 atom stereocenters. The predicted molar refractivity (Wildman–Crippen MR) is 76.6 cm³/mol. The van der Waals surface area contributed by atoms with Crippen LogP contribution in [0, 0.1) is 0 Å². The van der Waals surface area contributed by atoms with Crippen LogP contribution in [0.3, 0.4) is 0 Å². The average molecular weight is 365 g/mol. The zero-order valence-corrected chi connectivity index (χ0v) is 18.4. The fourth-order valence-electron chi connectivity index (χ4n) is 1.90. The Morgan fingerprint density at radius 1 is 1.00 bits per heavy atom. The fraction of sp³-hybridized carbons (Fsp3) is 0.133. The van der Waals surface area contributed by atoms with Crippen molar-refractivity contribution < 1.29 is 82.8 Å². The molecule has 0 heterocycles. The van der Waals surface area contributed by atoms with Gasteiger partial charge in [-0.25, -0.2) is 0 Å². The van der Waals surface area contributed by atoms with Gasteiger partial charge in [0.05, 0.1) is 20.5 Å². The van der Waals surface area contributed by atoms with Crippen LogP contribution in [-0.2, 0) is 9.09 Å². The molecule has 1 amide bonds. The molecule has 0 radical (unpaired) electrons. The number of phosphoric acid groups is 1. The maximum atomic E-state index is 12.2. The Balaban J connectivity index is 0.00000264. The smallest absolute Gasteiger partial charge is 0.790 e. The van der Waals surface area contributed by atoms with Crippen molar-refractivity contribution in [1.82, 2.24) is 5.32 Å². The minimum atomic E-state index is -5.11. The van der Waals surface area contributed by atoms with E-state index >= 15 is 0 Å². The number of carbonyl (C=O) groups excluding carboxylic acids is 1. The van der Waals surface area contributed by atoms with Gasteiger partial charge in [-0.15, -0.1) is 0 Å². The molecule has 116 valence electrons. The normalized spacial score (nSPS) is 11.6. The van der Waals surface area contributed by atoms with Gasteiger partial charge in [0.2, 0.25) is 0 Å². The van der Waals surface area contributed by atoms with E-state index in [1.807, 2.05) is 0 Å². The van der Waals surface area contributed by atoms with Gasteiger partial charge < -0.3 is 24.2 Å². The van der Waals surface area contributed by atoms with Crippen LogP contribution >= 0.6 is 7.82 Å². The summed E-state index contributed by atoms with van der Waals surface area (Å²) in [6.45, 7) is -0.452. The summed E-state index contributed by atoms with van der Waals surface area (Å²) in [4.78, 5) is 33.5. The third-order valence-corrected chi connectivity index (χ3v) is 3.41. The van der Waals surface area contributed by atoms with Gasteiger partial charge in [-0.05, 0) is 17.7 Å². The van der Waals surface area contributed by atoms with Gasteiger partial charge in [0.1, 0.15) is 0 Å². The Kier molecular flexibility index (Phi) is 11.6. The first-order valence-corrected chi connectivity index (χ1v) is 7.99. The molecule has 0 spiro atoms. The summed E-state index contributed by atoms with van der Waals surface area (Å²) in [5, 5.41) is 2.66. The molecule has 24 heavy (non-hydrogen) atoms. The van der Waals surface area contributed by atoms with E-state index in [2.05, 4.69) is 9.84 Å². The summed E-state index contributed by atoms with van der Waals surface area (Å²) in [6, 6.07) is 16.4. The molecule has 0 aromatic heterocycles. The number of benzene rings is 2. The van der Waals surface area contributed by atoms with Crippen molar-refractivity contribution in [2.45, 2.75) is 6.04 Å². The number of phosphoric ester groups is 1. The van der Waals surface area contributed by atoms with Crippen LogP contribution in [-0.4, -0.2) is 12.5 Å². The van der Waals surface area contributed by atoms with Gasteiger partial charge in [-0.1, -0.05) is 48.5 Å². The largest absolute Gasteiger partial charge is 1.00 e. The predicted octanol–water partition coefficient (Wildman–Crippen LogP) is -4.99. The van der Waals surface area contributed by atoms with Crippen molar-refractivity contribution in [2.24, 2.45) is 0 Å². The molecule has 1 N–H and O–H groups in total. The Morgan fingerprint density at radius 2 is 1.50 bits per heavy atom. The molecule has 0 aliphatic rings. The van der Waals surface area contributed by atoms with Crippen molar-refractivity contribution in [3.8, 4) is 0 Å². The Bertz CT molecular complexity index is 666. The van der Waals surface area contributed by atoms with E-state index in [1.54, 1.807) is 60.7 Å². The fourth-order valence-corrected chi connectivity index (χ4v) is 2.24. The Morgan fingerprint density at radius 3 is 2.00 bits per heavy atom. The molecule has 6 nitrogen and oxygen atoms in total.